The number of carbonyl (C=O) groups is 1. The van der Waals surface area contributed by atoms with E-state index in [1.165, 1.54) is 12.1 Å². The van der Waals surface area contributed by atoms with Crippen LogP contribution >= 0.6 is 0 Å². The molecule has 15 heavy (non-hydrogen) atoms. The molecule has 0 aliphatic heterocycles. The fourth-order valence-corrected chi connectivity index (χ4v) is 1.28. The van der Waals surface area contributed by atoms with Gasteiger partial charge in [0.1, 0.15) is 0 Å². The number of Topliss-reactive ketones (excluding diaryl/α,β-unsaturated/α-hetero) is 1. The van der Waals surface area contributed by atoms with Crippen LogP contribution in [-0.4, -0.2) is 19.4 Å². The number of hydrogen-bond donors (Lipinski definition) is 1. The molecule has 0 heterocycles. The lowest BCUT2D eigenvalue weighted by atomic mass is 10.1. The van der Waals surface area contributed by atoms with Crippen LogP contribution < -0.4 is 5.32 Å². The van der Waals surface area contributed by atoms with E-state index in [-0.39, 0.29) is 17.8 Å². The molecular weight excluding hydrogens is 200 g/mol. The van der Waals surface area contributed by atoms with Gasteiger partial charge in [-0.2, -0.15) is 0 Å². The topological polar surface area (TPSA) is 29.1 Å². The summed E-state index contributed by atoms with van der Waals surface area (Å²) in [5.74, 6) is -2.39. The van der Waals surface area contributed by atoms with E-state index in [1.807, 2.05) is 0 Å². The Hall–Kier alpha value is -1.29. The maximum Gasteiger partial charge on any atom is 0.169 e. The Labute approximate surface area is 87.3 Å². The molecule has 1 aromatic rings. The minimum atomic E-state index is -1.05. The molecule has 0 spiro atoms. The predicted molar refractivity (Wildman–Crippen MR) is 53.8 cm³/mol. The fourth-order valence-electron chi connectivity index (χ4n) is 1.28. The van der Waals surface area contributed by atoms with Crippen LogP contribution in [0.4, 0.5) is 8.78 Å². The molecule has 82 valence electrons. The molecule has 0 aromatic heterocycles. The van der Waals surface area contributed by atoms with Crippen molar-refractivity contribution in [3.8, 4) is 0 Å². The molecule has 0 unspecified atom stereocenters. The molecule has 1 aromatic carbocycles. The molecule has 0 saturated carbocycles. The van der Waals surface area contributed by atoms with Crippen molar-refractivity contribution in [3.63, 3.8) is 0 Å². The quantitative estimate of drug-likeness (QED) is 0.599. The minimum Gasteiger partial charge on any atom is -0.320 e. The van der Waals surface area contributed by atoms with Crippen LogP contribution in [0.2, 0.25) is 0 Å². The second-order valence-electron chi connectivity index (χ2n) is 3.23. The summed E-state index contributed by atoms with van der Waals surface area (Å²) in [5.41, 5.74) is -0.161. The van der Waals surface area contributed by atoms with Crippen LogP contribution in [0.1, 0.15) is 23.2 Å². The van der Waals surface area contributed by atoms with Crippen molar-refractivity contribution in [1.29, 1.82) is 0 Å². The molecule has 0 atom stereocenters. The lowest BCUT2D eigenvalue weighted by Crippen LogP contribution is -2.11. The Morgan fingerprint density at radius 2 is 2.13 bits per heavy atom. The van der Waals surface area contributed by atoms with Crippen molar-refractivity contribution in [1.82, 2.24) is 5.32 Å². The molecule has 0 radical (unpaired) electrons. The summed E-state index contributed by atoms with van der Waals surface area (Å²) in [5, 5.41) is 2.88. The highest BCUT2D eigenvalue weighted by Crippen LogP contribution is 2.13. The van der Waals surface area contributed by atoms with E-state index in [0.29, 0.717) is 13.0 Å². The van der Waals surface area contributed by atoms with Crippen LogP contribution in [0, 0.1) is 11.6 Å². The molecule has 1 N–H and O–H groups in total. The van der Waals surface area contributed by atoms with E-state index in [9.17, 15) is 13.6 Å². The van der Waals surface area contributed by atoms with Crippen LogP contribution in [-0.2, 0) is 0 Å². The summed E-state index contributed by atoms with van der Waals surface area (Å²) in [6.45, 7) is 0.683. The van der Waals surface area contributed by atoms with Crippen molar-refractivity contribution in [2.75, 3.05) is 13.6 Å². The summed E-state index contributed by atoms with van der Waals surface area (Å²) >= 11 is 0. The lowest BCUT2D eigenvalue weighted by molar-refractivity contribution is 0.0975. The largest absolute Gasteiger partial charge is 0.320 e. The summed E-state index contributed by atoms with van der Waals surface area (Å²) in [6.07, 6.45) is 0.840. The molecule has 0 saturated heterocycles. The molecule has 0 fully saturated rings. The van der Waals surface area contributed by atoms with Crippen molar-refractivity contribution < 1.29 is 13.6 Å². The van der Waals surface area contributed by atoms with Crippen LogP contribution in [0.25, 0.3) is 0 Å². The van der Waals surface area contributed by atoms with Gasteiger partial charge in [-0.25, -0.2) is 8.78 Å². The third-order valence-electron chi connectivity index (χ3n) is 2.08. The van der Waals surface area contributed by atoms with Crippen molar-refractivity contribution >= 4 is 5.78 Å². The maximum atomic E-state index is 13.1. The first-order valence-electron chi connectivity index (χ1n) is 4.78. The first kappa shape index (κ1) is 11.8. The Morgan fingerprint density at radius 1 is 1.40 bits per heavy atom. The van der Waals surface area contributed by atoms with Gasteiger partial charge in [-0.05, 0) is 32.1 Å². The third kappa shape index (κ3) is 3.09. The molecule has 4 heteroatoms. The van der Waals surface area contributed by atoms with Crippen LogP contribution in [0.3, 0.4) is 0 Å². The molecular formula is C11H13F2NO. The normalized spacial score (nSPS) is 10.3. The number of rotatable bonds is 5. The average molecular weight is 213 g/mol. The highest BCUT2D eigenvalue weighted by atomic mass is 19.2. The molecule has 1 rings (SSSR count). The van der Waals surface area contributed by atoms with Crippen molar-refractivity contribution in [2.45, 2.75) is 12.8 Å². The van der Waals surface area contributed by atoms with Gasteiger partial charge >= 0.3 is 0 Å². The number of hydrogen-bond acceptors (Lipinski definition) is 2. The summed E-state index contributed by atoms with van der Waals surface area (Å²) in [7, 11) is 1.77. The van der Waals surface area contributed by atoms with Gasteiger partial charge in [0.15, 0.2) is 17.4 Å². The SMILES string of the molecule is CNCCCC(=O)c1cccc(F)c1F. The van der Waals surface area contributed by atoms with E-state index < -0.39 is 11.6 Å². The highest BCUT2D eigenvalue weighted by molar-refractivity contribution is 5.96. The van der Waals surface area contributed by atoms with Gasteiger partial charge in [-0.15, -0.1) is 0 Å². The van der Waals surface area contributed by atoms with Gasteiger partial charge in [0, 0.05) is 6.42 Å². The number of benzene rings is 1. The summed E-state index contributed by atoms with van der Waals surface area (Å²) in [4.78, 5) is 11.5. The van der Waals surface area contributed by atoms with Gasteiger partial charge in [-0.1, -0.05) is 6.07 Å². The zero-order chi connectivity index (χ0) is 11.3. The zero-order valence-electron chi connectivity index (χ0n) is 8.52. The minimum absolute atomic E-state index is 0.161. The number of halogens is 2. The average Bonchev–Trinajstić information content (AvgIpc) is 2.22. The molecule has 2 nitrogen and oxygen atoms in total. The zero-order valence-corrected chi connectivity index (χ0v) is 8.52. The first-order chi connectivity index (χ1) is 7.16. The fraction of sp³-hybridized carbons (Fsp3) is 0.364. The lowest BCUT2D eigenvalue weighted by Gasteiger charge is -2.02. The van der Waals surface area contributed by atoms with Crippen LogP contribution in [0.5, 0.6) is 0 Å². The first-order valence-corrected chi connectivity index (χ1v) is 4.78. The van der Waals surface area contributed by atoms with Gasteiger partial charge in [0.05, 0.1) is 5.56 Å². The smallest absolute Gasteiger partial charge is 0.169 e. The standard InChI is InChI=1S/C11H13F2NO/c1-14-7-3-6-10(15)8-4-2-5-9(12)11(8)13/h2,4-5,14H,3,6-7H2,1H3. The number of ketones is 1. The van der Waals surface area contributed by atoms with Gasteiger partial charge in [0.2, 0.25) is 0 Å². The van der Waals surface area contributed by atoms with Crippen LogP contribution in [0.15, 0.2) is 18.2 Å². The van der Waals surface area contributed by atoms with E-state index >= 15 is 0 Å². The summed E-state index contributed by atoms with van der Waals surface area (Å²) < 4.78 is 25.9. The monoisotopic (exact) mass is 213 g/mol. The molecule has 0 aliphatic carbocycles. The Kier molecular flexibility index (Phi) is 4.37. The summed E-state index contributed by atoms with van der Waals surface area (Å²) in [6, 6.07) is 3.64. The third-order valence-corrected chi connectivity index (χ3v) is 2.08. The Bertz CT molecular complexity index is 352. The molecule has 0 aliphatic rings. The van der Waals surface area contributed by atoms with E-state index in [4.69, 9.17) is 0 Å². The van der Waals surface area contributed by atoms with E-state index in [2.05, 4.69) is 5.32 Å². The van der Waals surface area contributed by atoms with Gasteiger partial charge < -0.3 is 5.32 Å². The number of nitrogens with one attached hydrogen (secondary N) is 1. The van der Waals surface area contributed by atoms with Crippen molar-refractivity contribution in [3.05, 3.63) is 35.4 Å². The van der Waals surface area contributed by atoms with E-state index in [0.717, 1.165) is 6.07 Å². The van der Waals surface area contributed by atoms with Gasteiger partial charge in [-0.3, -0.25) is 4.79 Å². The van der Waals surface area contributed by atoms with Gasteiger partial charge in [0.25, 0.3) is 0 Å². The highest BCUT2D eigenvalue weighted by Gasteiger charge is 2.13. The number of carbonyl (C=O) groups excluding carboxylic acids is 1. The Morgan fingerprint density at radius 3 is 2.80 bits per heavy atom. The maximum absolute atomic E-state index is 13.1. The second kappa shape index (κ2) is 5.56. The van der Waals surface area contributed by atoms with E-state index in [1.54, 1.807) is 7.05 Å². The second-order valence-corrected chi connectivity index (χ2v) is 3.23. The predicted octanol–water partition coefficient (Wildman–Crippen LogP) is 2.15. The molecule has 0 amide bonds. The Balaban J connectivity index is 2.69. The molecule has 0 bridgehead atoms. The van der Waals surface area contributed by atoms with Crippen molar-refractivity contribution in [2.24, 2.45) is 0 Å².